The van der Waals surface area contributed by atoms with Crippen LogP contribution >= 0.6 is 11.6 Å². The summed E-state index contributed by atoms with van der Waals surface area (Å²) in [7, 11) is 0. The molecule has 7 nitrogen and oxygen atoms in total. The van der Waals surface area contributed by atoms with E-state index in [1.807, 2.05) is 18.2 Å². The highest BCUT2D eigenvalue weighted by Crippen LogP contribution is 2.25. The number of rotatable bonds is 5. The summed E-state index contributed by atoms with van der Waals surface area (Å²) in [4.78, 5) is 29.0. The Morgan fingerprint density at radius 2 is 1.78 bits per heavy atom. The van der Waals surface area contributed by atoms with E-state index in [0.717, 1.165) is 23.1 Å². The number of fused-ring (bicyclic) bond motifs is 2. The monoisotopic (exact) mass is 446 g/mol. The van der Waals surface area contributed by atoms with Crippen molar-refractivity contribution in [1.29, 1.82) is 0 Å². The molecular weight excluding hydrogens is 428 g/mol. The first-order chi connectivity index (χ1) is 15.5. The van der Waals surface area contributed by atoms with Gasteiger partial charge in [0, 0.05) is 34.4 Å². The van der Waals surface area contributed by atoms with Crippen molar-refractivity contribution in [3.05, 3.63) is 93.8 Å². The highest BCUT2D eigenvalue weighted by atomic mass is 35.5. The van der Waals surface area contributed by atoms with Gasteiger partial charge >= 0.3 is 11.7 Å². The molecule has 5 aromatic rings. The van der Waals surface area contributed by atoms with Gasteiger partial charge in [-0.1, -0.05) is 11.6 Å². The maximum Gasteiger partial charge on any atom is 0.335 e. The summed E-state index contributed by atoms with van der Waals surface area (Å²) in [5.74, 6) is -1.01. The van der Waals surface area contributed by atoms with Crippen LogP contribution in [-0.2, 0) is 13.1 Å². The van der Waals surface area contributed by atoms with Gasteiger partial charge in [-0.2, -0.15) is 0 Å². The molecule has 0 aliphatic heterocycles. The molecule has 2 aromatic carbocycles. The number of aromatic carboxylic acids is 1. The SMILES string of the molecule is CCn1c(Cn2c(=O)n(-c3ccc(C(=O)O)cc3)c3ccncc32)cc2cc(Cl)ccc21. The van der Waals surface area contributed by atoms with Crippen LogP contribution in [0.15, 0.2) is 71.8 Å². The van der Waals surface area contributed by atoms with Crippen LogP contribution in [0.5, 0.6) is 0 Å². The Morgan fingerprint density at radius 3 is 2.50 bits per heavy atom. The average molecular weight is 447 g/mol. The maximum atomic E-state index is 13.5. The summed E-state index contributed by atoms with van der Waals surface area (Å²) in [6, 6.07) is 15.9. The molecule has 0 fully saturated rings. The maximum absolute atomic E-state index is 13.5. The van der Waals surface area contributed by atoms with Gasteiger partial charge in [-0.05, 0) is 61.5 Å². The van der Waals surface area contributed by atoms with Crippen molar-refractivity contribution in [2.24, 2.45) is 0 Å². The van der Waals surface area contributed by atoms with Gasteiger partial charge in [0.2, 0.25) is 0 Å². The van der Waals surface area contributed by atoms with Crippen molar-refractivity contribution in [2.45, 2.75) is 20.0 Å². The van der Waals surface area contributed by atoms with Gasteiger partial charge in [-0.15, -0.1) is 0 Å². The molecule has 0 unspecified atom stereocenters. The Bertz CT molecular complexity index is 1540. The molecule has 0 aliphatic carbocycles. The zero-order valence-corrected chi connectivity index (χ0v) is 18.0. The number of hydrogen-bond donors (Lipinski definition) is 1. The second-order valence-electron chi connectivity index (χ2n) is 7.50. The molecule has 0 amide bonds. The number of nitrogens with zero attached hydrogens (tertiary/aromatic N) is 4. The van der Waals surface area contributed by atoms with Gasteiger partial charge in [-0.3, -0.25) is 14.1 Å². The second-order valence-corrected chi connectivity index (χ2v) is 7.94. The largest absolute Gasteiger partial charge is 0.478 e. The third-order valence-corrected chi connectivity index (χ3v) is 5.92. The second kappa shape index (κ2) is 7.69. The topological polar surface area (TPSA) is 82.0 Å². The van der Waals surface area contributed by atoms with Gasteiger partial charge in [-0.25, -0.2) is 9.59 Å². The normalized spacial score (nSPS) is 11.4. The fraction of sp³-hybridized carbons (Fsp3) is 0.125. The number of carboxylic acids is 1. The van der Waals surface area contributed by atoms with Crippen LogP contribution in [0.1, 0.15) is 23.0 Å². The number of benzene rings is 2. The Kier molecular flexibility index (Phi) is 4.83. The van der Waals surface area contributed by atoms with Crippen LogP contribution in [0, 0.1) is 0 Å². The van der Waals surface area contributed by atoms with E-state index in [1.165, 1.54) is 12.1 Å². The van der Waals surface area contributed by atoms with Crippen LogP contribution in [0.4, 0.5) is 0 Å². The zero-order valence-electron chi connectivity index (χ0n) is 17.2. The fourth-order valence-corrected chi connectivity index (χ4v) is 4.40. The van der Waals surface area contributed by atoms with Crippen molar-refractivity contribution in [1.82, 2.24) is 18.7 Å². The molecule has 0 saturated heterocycles. The van der Waals surface area contributed by atoms with E-state index >= 15 is 0 Å². The van der Waals surface area contributed by atoms with E-state index in [-0.39, 0.29) is 11.3 Å². The Balaban J connectivity index is 1.68. The van der Waals surface area contributed by atoms with Gasteiger partial charge in [0.1, 0.15) is 0 Å². The van der Waals surface area contributed by atoms with E-state index in [2.05, 4.69) is 22.5 Å². The van der Waals surface area contributed by atoms with Crippen LogP contribution in [0.3, 0.4) is 0 Å². The van der Waals surface area contributed by atoms with E-state index in [1.54, 1.807) is 39.7 Å². The molecule has 8 heteroatoms. The molecule has 3 heterocycles. The molecule has 160 valence electrons. The zero-order chi connectivity index (χ0) is 22.4. The summed E-state index contributed by atoms with van der Waals surface area (Å²) < 4.78 is 5.44. The van der Waals surface area contributed by atoms with Crippen LogP contribution in [0.2, 0.25) is 5.02 Å². The number of aromatic nitrogens is 4. The summed E-state index contributed by atoms with van der Waals surface area (Å²) in [5.41, 5.74) is 3.99. The van der Waals surface area contributed by atoms with Crippen molar-refractivity contribution in [3.8, 4) is 5.69 Å². The first-order valence-corrected chi connectivity index (χ1v) is 10.5. The van der Waals surface area contributed by atoms with E-state index in [0.29, 0.717) is 28.3 Å². The van der Waals surface area contributed by atoms with Crippen LogP contribution in [0.25, 0.3) is 27.6 Å². The van der Waals surface area contributed by atoms with Gasteiger partial charge in [0.05, 0.1) is 35.0 Å². The number of carboxylic acid groups (broad SMARTS) is 1. The smallest absolute Gasteiger partial charge is 0.335 e. The number of carbonyl (C=O) groups is 1. The molecular formula is C24H19ClN4O3. The molecule has 0 radical (unpaired) electrons. The van der Waals surface area contributed by atoms with E-state index in [9.17, 15) is 14.7 Å². The minimum Gasteiger partial charge on any atom is -0.478 e. The van der Waals surface area contributed by atoms with Gasteiger partial charge in [0.25, 0.3) is 0 Å². The summed E-state index contributed by atoms with van der Waals surface area (Å²) in [6.45, 7) is 3.18. The van der Waals surface area contributed by atoms with Crippen molar-refractivity contribution >= 4 is 39.5 Å². The molecule has 0 saturated carbocycles. The standard InChI is InChI=1S/C24H19ClN4O3/c1-2-27-19(12-16-11-17(25)5-8-20(16)27)14-28-22-13-26-10-9-21(22)29(24(28)32)18-6-3-15(4-7-18)23(30)31/h3-13H,2,14H2,1H3,(H,30,31). The minimum absolute atomic E-state index is 0.165. The Labute approximate surface area is 187 Å². The molecule has 0 atom stereocenters. The summed E-state index contributed by atoms with van der Waals surface area (Å²) in [5, 5.41) is 10.9. The van der Waals surface area contributed by atoms with E-state index in [4.69, 9.17) is 11.6 Å². The average Bonchev–Trinajstić information content (AvgIpc) is 3.27. The number of hydrogen-bond acceptors (Lipinski definition) is 3. The lowest BCUT2D eigenvalue weighted by atomic mass is 10.2. The lowest BCUT2D eigenvalue weighted by Crippen LogP contribution is -2.24. The number of pyridine rings is 1. The summed E-state index contributed by atoms with van der Waals surface area (Å²) in [6.07, 6.45) is 3.31. The highest BCUT2D eigenvalue weighted by molar-refractivity contribution is 6.31. The molecule has 1 N–H and O–H groups in total. The number of imidazole rings is 1. The molecule has 0 spiro atoms. The Hall–Kier alpha value is -3.84. The first kappa shape index (κ1) is 20.1. The molecule has 0 aliphatic rings. The molecule has 5 rings (SSSR count). The van der Waals surface area contributed by atoms with Crippen molar-refractivity contribution < 1.29 is 9.90 Å². The predicted octanol–water partition coefficient (Wildman–Crippen LogP) is 4.56. The molecule has 32 heavy (non-hydrogen) atoms. The third-order valence-electron chi connectivity index (χ3n) is 5.69. The third kappa shape index (κ3) is 3.18. The lowest BCUT2D eigenvalue weighted by molar-refractivity contribution is 0.0697. The lowest BCUT2D eigenvalue weighted by Gasteiger charge is -2.09. The first-order valence-electron chi connectivity index (χ1n) is 10.1. The van der Waals surface area contributed by atoms with Gasteiger partial charge in [0.15, 0.2) is 0 Å². The molecule has 3 aromatic heterocycles. The van der Waals surface area contributed by atoms with Crippen molar-refractivity contribution in [2.75, 3.05) is 0 Å². The van der Waals surface area contributed by atoms with Crippen molar-refractivity contribution in [3.63, 3.8) is 0 Å². The van der Waals surface area contributed by atoms with Crippen LogP contribution < -0.4 is 5.69 Å². The molecule has 0 bridgehead atoms. The fourth-order valence-electron chi connectivity index (χ4n) is 4.22. The highest BCUT2D eigenvalue weighted by Gasteiger charge is 2.17. The summed E-state index contributed by atoms with van der Waals surface area (Å²) >= 11 is 6.18. The minimum atomic E-state index is -1.01. The predicted molar refractivity (Wildman–Crippen MR) is 124 cm³/mol. The Morgan fingerprint density at radius 1 is 1.00 bits per heavy atom. The van der Waals surface area contributed by atoms with Gasteiger partial charge < -0.3 is 9.67 Å². The quantitative estimate of drug-likeness (QED) is 0.429. The van der Waals surface area contributed by atoms with Crippen LogP contribution in [-0.4, -0.2) is 29.8 Å². The number of aryl methyl sites for hydroxylation is 1. The van der Waals surface area contributed by atoms with E-state index < -0.39 is 5.97 Å². The number of halogens is 1.